The molecule has 0 aromatic carbocycles. The maximum Gasteiger partial charge on any atom is 0.133 e. The molecule has 1 aliphatic carbocycles. The average Bonchev–Trinajstić information content (AvgIpc) is 2.32. The van der Waals surface area contributed by atoms with Gasteiger partial charge in [0.2, 0.25) is 0 Å². The molecule has 0 saturated heterocycles. The van der Waals surface area contributed by atoms with Crippen molar-refractivity contribution < 1.29 is 4.79 Å². The van der Waals surface area contributed by atoms with E-state index in [0.717, 1.165) is 12.8 Å². The summed E-state index contributed by atoms with van der Waals surface area (Å²) in [6.45, 7) is 7.40. The summed E-state index contributed by atoms with van der Waals surface area (Å²) in [5.41, 5.74) is 0. The third kappa shape index (κ3) is 1.79. The summed E-state index contributed by atoms with van der Waals surface area (Å²) in [6.07, 6.45) is 6.16. The molecule has 11 heavy (non-hydrogen) atoms. The average molecular weight is 150 g/mol. The first-order valence-corrected chi connectivity index (χ1v) is 4.03. The second-order valence-electron chi connectivity index (χ2n) is 3.13. The van der Waals surface area contributed by atoms with Gasteiger partial charge in [0.1, 0.15) is 5.78 Å². The topological polar surface area (TPSA) is 17.1 Å². The normalized spacial score (nSPS) is 30.4. The Morgan fingerprint density at radius 1 is 1.45 bits per heavy atom. The minimum atomic E-state index is 0.377. The second kappa shape index (κ2) is 3.51. The van der Waals surface area contributed by atoms with E-state index in [2.05, 4.69) is 13.2 Å². The molecule has 1 heteroatoms. The maximum absolute atomic E-state index is 11.0. The van der Waals surface area contributed by atoms with Gasteiger partial charge in [0.25, 0.3) is 0 Å². The van der Waals surface area contributed by atoms with E-state index in [9.17, 15) is 4.79 Å². The van der Waals surface area contributed by atoms with E-state index >= 15 is 0 Å². The number of rotatable bonds is 3. The molecule has 60 valence electrons. The molecule has 1 nitrogen and oxygen atoms in total. The summed E-state index contributed by atoms with van der Waals surface area (Å²) in [6, 6.07) is 0. The molecule has 0 heterocycles. The van der Waals surface area contributed by atoms with Crippen LogP contribution >= 0.6 is 0 Å². The number of hydrogen-bond acceptors (Lipinski definition) is 1. The third-order valence-corrected chi connectivity index (χ3v) is 2.33. The van der Waals surface area contributed by atoms with Crippen molar-refractivity contribution >= 4 is 5.78 Å². The van der Waals surface area contributed by atoms with E-state index in [0.29, 0.717) is 24.0 Å². The molecule has 2 atom stereocenters. The fraction of sp³-hybridized carbons (Fsp3) is 0.500. The number of carbonyl (C=O) groups excluding carboxylic acids is 1. The van der Waals surface area contributed by atoms with E-state index in [1.54, 1.807) is 0 Å². The summed E-state index contributed by atoms with van der Waals surface area (Å²) < 4.78 is 0. The Hall–Kier alpha value is -0.850. The van der Waals surface area contributed by atoms with Crippen molar-refractivity contribution in [3.05, 3.63) is 25.3 Å². The molecular weight excluding hydrogens is 136 g/mol. The quantitative estimate of drug-likeness (QED) is 0.564. The molecule has 0 spiro atoms. The lowest BCUT2D eigenvalue weighted by Crippen LogP contribution is -2.02. The fourth-order valence-corrected chi connectivity index (χ4v) is 1.70. The van der Waals surface area contributed by atoms with E-state index < -0.39 is 0 Å². The largest absolute Gasteiger partial charge is 0.300 e. The molecular formula is C10H14O. The van der Waals surface area contributed by atoms with Gasteiger partial charge in [-0.05, 0) is 18.3 Å². The first-order chi connectivity index (χ1) is 5.27. The van der Waals surface area contributed by atoms with Crippen molar-refractivity contribution in [1.29, 1.82) is 0 Å². The van der Waals surface area contributed by atoms with Gasteiger partial charge in [0, 0.05) is 12.8 Å². The van der Waals surface area contributed by atoms with Crippen LogP contribution in [0.3, 0.4) is 0 Å². The first-order valence-electron chi connectivity index (χ1n) is 4.03. The fourth-order valence-electron chi connectivity index (χ4n) is 1.70. The van der Waals surface area contributed by atoms with Crippen LogP contribution < -0.4 is 0 Å². The first kappa shape index (κ1) is 8.25. The zero-order valence-corrected chi connectivity index (χ0v) is 6.75. The van der Waals surface area contributed by atoms with Gasteiger partial charge in [-0.3, -0.25) is 4.79 Å². The molecule has 1 saturated carbocycles. The molecule has 0 amide bonds. The van der Waals surface area contributed by atoms with Crippen LogP contribution in [0.5, 0.6) is 0 Å². The van der Waals surface area contributed by atoms with Crippen LogP contribution in [0.15, 0.2) is 25.3 Å². The lowest BCUT2D eigenvalue weighted by molar-refractivity contribution is -0.117. The monoisotopic (exact) mass is 150 g/mol. The van der Waals surface area contributed by atoms with E-state index in [1.807, 2.05) is 12.2 Å². The summed E-state index contributed by atoms with van der Waals surface area (Å²) in [7, 11) is 0. The predicted molar refractivity (Wildman–Crippen MR) is 46.2 cm³/mol. The van der Waals surface area contributed by atoms with Crippen molar-refractivity contribution in [2.45, 2.75) is 19.3 Å². The molecule has 0 aliphatic heterocycles. The summed E-state index contributed by atoms with van der Waals surface area (Å²) in [5, 5.41) is 0. The molecule has 1 fully saturated rings. The number of ketones is 1. The minimum Gasteiger partial charge on any atom is -0.300 e. The number of carbonyl (C=O) groups is 1. The van der Waals surface area contributed by atoms with Crippen molar-refractivity contribution in [1.82, 2.24) is 0 Å². The van der Waals surface area contributed by atoms with E-state index in [-0.39, 0.29) is 0 Å². The zero-order chi connectivity index (χ0) is 8.27. The third-order valence-electron chi connectivity index (χ3n) is 2.33. The predicted octanol–water partition coefficient (Wildman–Crippen LogP) is 2.34. The molecule has 0 aromatic heterocycles. The highest BCUT2D eigenvalue weighted by Gasteiger charge is 2.29. The van der Waals surface area contributed by atoms with Gasteiger partial charge in [-0.2, -0.15) is 0 Å². The maximum atomic E-state index is 11.0. The van der Waals surface area contributed by atoms with E-state index in [1.165, 1.54) is 0 Å². The highest BCUT2D eigenvalue weighted by molar-refractivity contribution is 5.81. The van der Waals surface area contributed by atoms with Crippen LogP contribution in [0.25, 0.3) is 0 Å². The van der Waals surface area contributed by atoms with Gasteiger partial charge >= 0.3 is 0 Å². The molecule has 0 N–H and O–H groups in total. The number of allylic oxidation sites excluding steroid dienone is 2. The van der Waals surface area contributed by atoms with Gasteiger partial charge in [0.05, 0.1) is 0 Å². The molecule has 0 radical (unpaired) electrons. The molecule has 0 bridgehead atoms. The Morgan fingerprint density at radius 2 is 2.18 bits per heavy atom. The Bertz CT molecular complexity index is 181. The smallest absolute Gasteiger partial charge is 0.133 e. The molecule has 0 unspecified atom stereocenters. The van der Waals surface area contributed by atoms with Crippen molar-refractivity contribution in [3.8, 4) is 0 Å². The van der Waals surface area contributed by atoms with Crippen LogP contribution in [0, 0.1) is 11.8 Å². The van der Waals surface area contributed by atoms with Crippen LogP contribution in [0.4, 0.5) is 0 Å². The Labute approximate surface area is 67.8 Å². The Kier molecular flexibility index (Phi) is 2.64. The Morgan fingerprint density at radius 3 is 2.73 bits per heavy atom. The Balaban J connectivity index is 2.56. The van der Waals surface area contributed by atoms with Gasteiger partial charge in [-0.25, -0.2) is 0 Å². The SMILES string of the molecule is C=CC[C@@H]1CC(=O)C[C@H]1C=C. The standard InChI is InChI=1S/C10H14O/c1-3-5-9-7-10(11)6-8(9)4-2/h3-4,8-9H,1-2,5-7H2/t8-,9-/m1/s1. The van der Waals surface area contributed by atoms with Gasteiger partial charge in [0.15, 0.2) is 0 Å². The van der Waals surface area contributed by atoms with Crippen molar-refractivity contribution in [3.63, 3.8) is 0 Å². The van der Waals surface area contributed by atoms with Crippen molar-refractivity contribution in [2.24, 2.45) is 11.8 Å². The second-order valence-corrected chi connectivity index (χ2v) is 3.13. The van der Waals surface area contributed by atoms with E-state index in [4.69, 9.17) is 0 Å². The lowest BCUT2D eigenvalue weighted by atomic mass is 9.93. The molecule has 0 aromatic rings. The number of hydrogen-bond donors (Lipinski definition) is 0. The van der Waals surface area contributed by atoms with Gasteiger partial charge in [-0.15, -0.1) is 13.2 Å². The van der Waals surface area contributed by atoms with Crippen molar-refractivity contribution in [2.75, 3.05) is 0 Å². The highest BCUT2D eigenvalue weighted by Crippen LogP contribution is 2.32. The zero-order valence-electron chi connectivity index (χ0n) is 6.75. The van der Waals surface area contributed by atoms with Crippen LogP contribution in [-0.2, 0) is 4.79 Å². The van der Waals surface area contributed by atoms with Crippen LogP contribution in [-0.4, -0.2) is 5.78 Å². The summed E-state index contributed by atoms with van der Waals surface area (Å²) in [5.74, 6) is 1.26. The van der Waals surface area contributed by atoms with Crippen LogP contribution in [0.2, 0.25) is 0 Å². The summed E-state index contributed by atoms with van der Waals surface area (Å²) >= 11 is 0. The lowest BCUT2D eigenvalue weighted by Gasteiger charge is -2.11. The highest BCUT2D eigenvalue weighted by atomic mass is 16.1. The van der Waals surface area contributed by atoms with Crippen LogP contribution in [0.1, 0.15) is 19.3 Å². The summed E-state index contributed by atoms with van der Waals surface area (Å²) in [4.78, 5) is 11.0. The minimum absolute atomic E-state index is 0.377. The molecule has 1 aliphatic rings. The van der Waals surface area contributed by atoms with Gasteiger partial charge in [-0.1, -0.05) is 12.2 Å². The van der Waals surface area contributed by atoms with Gasteiger partial charge < -0.3 is 0 Å². The molecule has 1 rings (SSSR count). The number of Topliss-reactive ketones (excluding diaryl/α,β-unsaturated/α-hetero) is 1.